The second kappa shape index (κ2) is 5.34. The van der Waals surface area contributed by atoms with Crippen molar-refractivity contribution >= 4 is 22.9 Å². The molecule has 0 saturated carbocycles. The highest BCUT2D eigenvalue weighted by Gasteiger charge is 2.16. The van der Waals surface area contributed by atoms with Crippen LogP contribution in [0.4, 0.5) is 4.39 Å². The Morgan fingerprint density at radius 3 is 2.78 bits per heavy atom. The van der Waals surface area contributed by atoms with Crippen LogP contribution in [0.5, 0.6) is 0 Å². The Bertz CT molecular complexity index is 568. The van der Waals surface area contributed by atoms with E-state index in [4.69, 9.17) is 17.3 Å². The highest BCUT2D eigenvalue weighted by atomic mass is 35.5. The van der Waals surface area contributed by atoms with E-state index in [-0.39, 0.29) is 16.9 Å². The van der Waals surface area contributed by atoms with E-state index in [0.29, 0.717) is 12.0 Å². The Hall–Kier alpha value is -0.970. The van der Waals surface area contributed by atoms with E-state index in [1.54, 1.807) is 23.5 Å². The van der Waals surface area contributed by atoms with Gasteiger partial charge in [-0.3, -0.25) is 0 Å². The summed E-state index contributed by atoms with van der Waals surface area (Å²) >= 11 is 7.31. The van der Waals surface area contributed by atoms with Gasteiger partial charge in [0, 0.05) is 10.9 Å². The number of halogens is 2. The van der Waals surface area contributed by atoms with Gasteiger partial charge >= 0.3 is 0 Å². The molecular formula is C13H14ClFN2S. The Labute approximate surface area is 115 Å². The van der Waals surface area contributed by atoms with Crippen LogP contribution < -0.4 is 5.73 Å². The zero-order valence-electron chi connectivity index (χ0n) is 10.2. The summed E-state index contributed by atoms with van der Waals surface area (Å²) in [5, 5.41) is 1.11. The predicted octanol–water partition coefficient (Wildman–Crippen LogP) is 3.79. The Morgan fingerprint density at radius 1 is 1.44 bits per heavy atom. The molecule has 2 rings (SSSR count). The van der Waals surface area contributed by atoms with E-state index in [0.717, 1.165) is 15.6 Å². The van der Waals surface area contributed by atoms with E-state index >= 15 is 0 Å². The zero-order chi connectivity index (χ0) is 13.3. The first-order chi connectivity index (χ1) is 8.49. The van der Waals surface area contributed by atoms with Crippen molar-refractivity contribution in [2.24, 2.45) is 5.73 Å². The molecule has 0 bridgehead atoms. The average Bonchev–Trinajstić information content (AvgIpc) is 2.64. The Morgan fingerprint density at radius 2 is 2.17 bits per heavy atom. The Kier molecular flexibility index (Phi) is 4.00. The SMILES string of the molecule is Cc1nc(C)c(C(N)Cc2cccc(Cl)c2F)s1. The van der Waals surface area contributed by atoms with Crippen LogP contribution in [0.3, 0.4) is 0 Å². The molecule has 0 radical (unpaired) electrons. The highest BCUT2D eigenvalue weighted by Crippen LogP contribution is 2.27. The minimum atomic E-state index is -0.381. The number of thiazole rings is 1. The summed E-state index contributed by atoms with van der Waals surface area (Å²) in [5.74, 6) is -0.381. The molecule has 1 heterocycles. The van der Waals surface area contributed by atoms with Crippen LogP contribution in [-0.2, 0) is 6.42 Å². The summed E-state index contributed by atoms with van der Waals surface area (Å²) in [5.41, 5.74) is 7.59. The molecule has 0 fully saturated rings. The van der Waals surface area contributed by atoms with Gasteiger partial charge in [0.2, 0.25) is 0 Å². The second-order valence-corrected chi connectivity index (χ2v) is 5.85. The van der Waals surface area contributed by atoms with Gasteiger partial charge in [0.05, 0.1) is 15.7 Å². The number of nitrogens with zero attached hydrogens (tertiary/aromatic N) is 1. The molecule has 0 aliphatic rings. The van der Waals surface area contributed by atoms with Crippen LogP contribution in [0.2, 0.25) is 5.02 Å². The van der Waals surface area contributed by atoms with Crippen molar-refractivity contribution in [3.8, 4) is 0 Å². The van der Waals surface area contributed by atoms with Gasteiger partial charge in [-0.25, -0.2) is 9.37 Å². The van der Waals surface area contributed by atoms with Crippen molar-refractivity contribution in [2.75, 3.05) is 0 Å². The summed E-state index contributed by atoms with van der Waals surface area (Å²) in [7, 11) is 0. The molecule has 1 aromatic carbocycles. The molecule has 2 nitrogen and oxygen atoms in total. The fourth-order valence-electron chi connectivity index (χ4n) is 1.93. The van der Waals surface area contributed by atoms with Crippen molar-refractivity contribution in [2.45, 2.75) is 26.3 Å². The van der Waals surface area contributed by atoms with Crippen LogP contribution in [0.1, 0.15) is 27.2 Å². The molecule has 96 valence electrons. The fraction of sp³-hybridized carbons (Fsp3) is 0.308. The largest absolute Gasteiger partial charge is 0.323 e. The van der Waals surface area contributed by atoms with Gasteiger partial charge in [0.15, 0.2) is 0 Å². The topological polar surface area (TPSA) is 38.9 Å². The highest BCUT2D eigenvalue weighted by molar-refractivity contribution is 7.11. The molecule has 0 spiro atoms. The van der Waals surface area contributed by atoms with Gasteiger partial charge in [-0.05, 0) is 31.9 Å². The lowest BCUT2D eigenvalue weighted by Gasteiger charge is -2.11. The van der Waals surface area contributed by atoms with Crippen LogP contribution in [0.25, 0.3) is 0 Å². The van der Waals surface area contributed by atoms with E-state index < -0.39 is 0 Å². The minimum Gasteiger partial charge on any atom is -0.323 e. The first kappa shape index (κ1) is 13.5. The molecule has 18 heavy (non-hydrogen) atoms. The van der Waals surface area contributed by atoms with E-state index in [2.05, 4.69) is 4.98 Å². The summed E-state index contributed by atoms with van der Waals surface area (Å²) in [6.07, 6.45) is 0.425. The van der Waals surface area contributed by atoms with Crippen molar-refractivity contribution < 1.29 is 4.39 Å². The number of nitrogens with two attached hydrogens (primary N) is 1. The maximum Gasteiger partial charge on any atom is 0.145 e. The molecule has 0 aliphatic carbocycles. The van der Waals surface area contributed by atoms with Gasteiger partial charge in [0.25, 0.3) is 0 Å². The maximum absolute atomic E-state index is 13.8. The molecular weight excluding hydrogens is 271 g/mol. The summed E-state index contributed by atoms with van der Waals surface area (Å²) in [4.78, 5) is 5.34. The maximum atomic E-state index is 13.8. The van der Waals surface area contributed by atoms with Crippen LogP contribution in [0.15, 0.2) is 18.2 Å². The molecule has 1 aromatic heterocycles. The molecule has 0 saturated heterocycles. The number of benzene rings is 1. The van der Waals surface area contributed by atoms with E-state index in [1.807, 2.05) is 13.8 Å². The average molecular weight is 285 g/mol. The molecule has 0 aliphatic heterocycles. The number of aromatic nitrogens is 1. The van der Waals surface area contributed by atoms with Crippen LogP contribution in [-0.4, -0.2) is 4.98 Å². The van der Waals surface area contributed by atoms with Gasteiger partial charge in [-0.2, -0.15) is 0 Å². The number of hydrogen-bond donors (Lipinski definition) is 1. The second-order valence-electron chi connectivity index (χ2n) is 4.21. The molecule has 5 heteroatoms. The molecule has 2 N–H and O–H groups in total. The quantitative estimate of drug-likeness (QED) is 0.931. The van der Waals surface area contributed by atoms with E-state index in [1.165, 1.54) is 6.07 Å². The minimum absolute atomic E-state index is 0.136. The normalized spacial score (nSPS) is 12.7. The lowest BCUT2D eigenvalue weighted by atomic mass is 10.0. The number of aryl methyl sites for hydroxylation is 2. The van der Waals surface area contributed by atoms with Crippen LogP contribution >= 0.6 is 22.9 Å². The standard InChI is InChI=1S/C13H14ClFN2S/c1-7-13(18-8(2)17-7)11(16)6-9-4-3-5-10(14)12(9)15/h3-5,11H,6,16H2,1-2H3. The van der Waals surface area contributed by atoms with Gasteiger partial charge in [0.1, 0.15) is 5.82 Å². The van der Waals surface area contributed by atoms with Crippen molar-refractivity contribution in [1.29, 1.82) is 0 Å². The Balaban J connectivity index is 2.24. The molecule has 1 unspecified atom stereocenters. The van der Waals surface area contributed by atoms with Crippen LogP contribution in [0, 0.1) is 19.7 Å². The third-order valence-electron chi connectivity index (χ3n) is 2.75. The van der Waals surface area contributed by atoms with E-state index in [9.17, 15) is 4.39 Å². The van der Waals surface area contributed by atoms with Gasteiger partial charge in [-0.1, -0.05) is 23.7 Å². The third-order valence-corrected chi connectivity index (χ3v) is 4.24. The lowest BCUT2D eigenvalue weighted by Crippen LogP contribution is -2.14. The monoisotopic (exact) mass is 284 g/mol. The van der Waals surface area contributed by atoms with Crippen molar-refractivity contribution in [1.82, 2.24) is 4.98 Å². The molecule has 1 atom stereocenters. The third kappa shape index (κ3) is 2.71. The predicted molar refractivity (Wildman–Crippen MR) is 73.6 cm³/mol. The van der Waals surface area contributed by atoms with Gasteiger partial charge < -0.3 is 5.73 Å². The summed E-state index contributed by atoms with van der Waals surface area (Å²) < 4.78 is 13.8. The fourth-order valence-corrected chi connectivity index (χ4v) is 3.05. The molecule has 2 aromatic rings. The smallest absolute Gasteiger partial charge is 0.145 e. The summed E-state index contributed by atoms with van der Waals surface area (Å²) in [6, 6.07) is 4.74. The van der Waals surface area contributed by atoms with Crippen molar-refractivity contribution in [3.63, 3.8) is 0 Å². The zero-order valence-corrected chi connectivity index (χ0v) is 11.8. The number of rotatable bonds is 3. The van der Waals surface area contributed by atoms with Crippen molar-refractivity contribution in [3.05, 3.63) is 50.2 Å². The number of hydrogen-bond acceptors (Lipinski definition) is 3. The lowest BCUT2D eigenvalue weighted by molar-refractivity contribution is 0.595. The first-order valence-electron chi connectivity index (χ1n) is 5.61. The molecule has 0 amide bonds. The summed E-state index contributed by atoms with van der Waals surface area (Å²) in [6.45, 7) is 3.86. The van der Waals surface area contributed by atoms with Gasteiger partial charge in [-0.15, -0.1) is 11.3 Å². The first-order valence-corrected chi connectivity index (χ1v) is 6.81.